The molecule has 0 aliphatic heterocycles. The lowest BCUT2D eigenvalue weighted by Gasteiger charge is -2.08. The number of benzene rings is 1. The first kappa shape index (κ1) is 12.3. The van der Waals surface area contributed by atoms with Gasteiger partial charge in [-0.05, 0) is 11.6 Å². The maximum Gasteiger partial charge on any atom is 0.307 e. The molecule has 0 atom stereocenters. The van der Waals surface area contributed by atoms with Gasteiger partial charge in [-0.25, -0.2) is 0 Å². The van der Waals surface area contributed by atoms with Gasteiger partial charge in [-0.1, -0.05) is 0 Å². The maximum absolute atomic E-state index is 10.8. The molecule has 96 valence electrons. The average molecular weight is 249 g/mol. The summed E-state index contributed by atoms with van der Waals surface area (Å²) >= 11 is 0. The summed E-state index contributed by atoms with van der Waals surface area (Å²) in [6.45, 7) is 0. The third kappa shape index (κ3) is 1.99. The van der Waals surface area contributed by atoms with E-state index in [9.17, 15) is 4.79 Å². The number of carboxylic acid groups (broad SMARTS) is 1. The van der Waals surface area contributed by atoms with Crippen molar-refractivity contribution in [2.75, 3.05) is 14.2 Å². The van der Waals surface area contributed by atoms with E-state index in [-0.39, 0.29) is 6.42 Å². The number of aliphatic carboxylic acids is 1. The van der Waals surface area contributed by atoms with Gasteiger partial charge in [0, 0.05) is 24.7 Å². The zero-order valence-corrected chi connectivity index (χ0v) is 10.6. The van der Waals surface area contributed by atoms with E-state index in [1.807, 2.05) is 29.9 Å². The van der Waals surface area contributed by atoms with Crippen LogP contribution < -0.4 is 9.47 Å². The lowest BCUT2D eigenvalue weighted by Crippen LogP contribution is -1.99. The first-order valence-corrected chi connectivity index (χ1v) is 5.48. The zero-order valence-electron chi connectivity index (χ0n) is 10.6. The summed E-state index contributed by atoms with van der Waals surface area (Å²) in [5, 5.41) is 9.77. The summed E-state index contributed by atoms with van der Waals surface area (Å²) in [7, 11) is 5.01. The van der Waals surface area contributed by atoms with E-state index in [2.05, 4.69) is 0 Å². The highest BCUT2D eigenvalue weighted by molar-refractivity contribution is 5.90. The van der Waals surface area contributed by atoms with Crippen molar-refractivity contribution in [3.63, 3.8) is 0 Å². The first-order valence-electron chi connectivity index (χ1n) is 5.48. The largest absolute Gasteiger partial charge is 0.493 e. The van der Waals surface area contributed by atoms with Gasteiger partial charge in [-0.2, -0.15) is 0 Å². The van der Waals surface area contributed by atoms with Crippen LogP contribution in [0.25, 0.3) is 10.9 Å². The van der Waals surface area contributed by atoms with Gasteiger partial charge in [-0.15, -0.1) is 0 Å². The molecule has 5 nitrogen and oxygen atoms in total. The highest BCUT2D eigenvalue weighted by Gasteiger charge is 2.14. The normalized spacial score (nSPS) is 10.6. The van der Waals surface area contributed by atoms with Crippen LogP contribution in [0, 0.1) is 0 Å². The molecule has 0 aliphatic carbocycles. The summed E-state index contributed by atoms with van der Waals surface area (Å²) in [6, 6.07) is 3.66. The van der Waals surface area contributed by atoms with E-state index in [1.54, 1.807) is 14.2 Å². The quantitative estimate of drug-likeness (QED) is 0.897. The number of nitrogens with zero attached hydrogens (tertiary/aromatic N) is 1. The Labute approximate surface area is 105 Å². The monoisotopic (exact) mass is 249 g/mol. The van der Waals surface area contributed by atoms with Crippen molar-refractivity contribution < 1.29 is 19.4 Å². The molecule has 0 spiro atoms. The van der Waals surface area contributed by atoms with Crippen LogP contribution in [0.2, 0.25) is 0 Å². The van der Waals surface area contributed by atoms with Crippen LogP contribution in [0.4, 0.5) is 0 Å². The molecule has 0 bridgehead atoms. The van der Waals surface area contributed by atoms with Gasteiger partial charge in [0.25, 0.3) is 0 Å². The van der Waals surface area contributed by atoms with Crippen LogP contribution in [0.15, 0.2) is 18.3 Å². The molecule has 18 heavy (non-hydrogen) atoms. The van der Waals surface area contributed by atoms with E-state index in [0.717, 1.165) is 16.5 Å². The number of rotatable bonds is 4. The molecular weight excluding hydrogens is 234 g/mol. The molecule has 1 heterocycles. The molecule has 0 aliphatic rings. The molecular formula is C13H15NO4. The maximum atomic E-state index is 10.8. The molecule has 1 N–H and O–H groups in total. The topological polar surface area (TPSA) is 60.7 Å². The molecule has 2 rings (SSSR count). The Morgan fingerprint density at radius 1 is 1.28 bits per heavy atom. The standard InChI is InChI=1S/C13H15NO4/c1-14-7-8(4-13(15)16)9-5-11(17-2)12(18-3)6-10(9)14/h5-7H,4H2,1-3H3,(H,15,16). The Hall–Kier alpha value is -2.17. The van der Waals surface area contributed by atoms with E-state index >= 15 is 0 Å². The molecule has 0 unspecified atom stereocenters. The van der Waals surface area contributed by atoms with Crippen molar-refractivity contribution >= 4 is 16.9 Å². The highest BCUT2D eigenvalue weighted by atomic mass is 16.5. The number of aromatic nitrogens is 1. The fourth-order valence-corrected chi connectivity index (χ4v) is 2.09. The molecule has 0 amide bonds. The van der Waals surface area contributed by atoms with Crippen LogP contribution in [0.3, 0.4) is 0 Å². The van der Waals surface area contributed by atoms with Crippen molar-refractivity contribution in [1.29, 1.82) is 0 Å². The van der Waals surface area contributed by atoms with Crippen LogP contribution in [0.5, 0.6) is 11.5 Å². The van der Waals surface area contributed by atoms with Crippen molar-refractivity contribution in [1.82, 2.24) is 4.57 Å². The number of hydrogen-bond donors (Lipinski definition) is 1. The average Bonchev–Trinajstić information content (AvgIpc) is 2.63. The van der Waals surface area contributed by atoms with Crippen LogP contribution in [-0.4, -0.2) is 29.9 Å². The van der Waals surface area contributed by atoms with E-state index < -0.39 is 5.97 Å². The summed E-state index contributed by atoms with van der Waals surface area (Å²) < 4.78 is 12.4. The van der Waals surface area contributed by atoms with Gasteiger partial charge in [0.05, 0.1) is 26.2 Å². The van der Waals surface area contributed by atoms with Gasteiger partial charge in [0.15, 0.2) is 11.5 Å². The highest BCUT2D eigenvalue weighted by Crippen LogP contribution is 2.34. The molecule has 2 aromatic rings. The SMILES string of the molecule is COc1cc2c(CC(=O)O)cn(C)c2cc1OC. The smallest absolute Gasteiger partial charge is 0.307 e. The van der Waals surface area contributed by atoms with Gasteiger partial charge in [0.2, 0.25) is 0 Å². The van der Waals surface area contributed by atoms with Crippen molar-refractivity contribution in [3.8, 4) is 11.5 Å². The summed E-state index contributed by atoms with van der Waals surface area (Å²) in [5.41, 5.74) is 1.69. The second-order valence-corrected chi connectivity index (χ2v) is 4.06. The molecule has 1 aromatic heterocycles. The van der Waals surface area contributed by atoms with E-state index in [4.69, 9.17) is 14.6 Å². The second-order valence-electron chi connectivity index (χ2n) is 4.06. The lowest BCUT2D eigenvalue weighted by molar-refractivity contribution is -0.136. The van der Waals surface area contributed by atoms with Crippen LogP contribution in [-0.2, 0) is 18.3 Å². The van der Waals surface area contributed by atoms with Gasteiger partial charge >= 0.3 is 5.97 Å². The summed E-state index contributed by atoms with van der Waals surface area (Å²) in [6.07, 6.45) is 1.81. The minimum Gasteiger partial charge on any atom is -0.493 e. The molecule has 1 aromatic carbocycles. The number of ether oxygens (including phenoxy) is 2. The number of carboxylic acids is 1. The Kier molecular flexibility index (Phi) is 3.14. The van der Waals surface area contributed by atoms with Gasteiger partial charge in [-0.3, -0.25) is 4.79 Å². The third-order valence-electron chi connectivity index (χ3n) is 2.92. The number of fused-ring (bicyclic) bond motifs is 1. The fraction of sp³-hybridized carbons (Fsp3) is 0.308. The molecule has 0 fully saturated rings. The van der Waals surface area contributed by atoms with Gasteiger partial charge < -0.3 is 19.1 Å². The predicted octanol–water partition coefficient (Wildman–Crippen LogP) is 1.82. The lowest BCUT2D eigenvalue weighted by atomic mass is 10.1. The Balaban J connectivity index is 2.66. The number of hydrogen-bond acceptors (Lipinski definition) is 3. The molecule has 0 saturated heterocycles. The van der Waals surface area contributed by atoms with Gasteiger partial charge in [0.1, 0.15) is 0 Å². The third-order valence-corrected chi connectivity index (χ3v) is 2.92. The van der Waals surface area contributed by atoms with Crippen LogP contribution in [0.1, 0.15) is 5.56 Å². The minimum atomic E-state index is -0.850. The van der Waals surface area contributed by atoms with Crippen molar-refractivity contribution in [3.05, 3.63) is 23.9 Å². The van der Waals surface area contributed by atoms with E-state index in [1.165, 1.54) is 0 Å². The van der Waals surface area contributed by atoms with Crippen molar-refractivity contribution in [2.24, 2.45) is 7.05 Å². The first-order chi connectivity index (χ1) is 8.56. The number of carbonyl (C=O) groups is 1. The van der Waals surface area contributed by atoms with E-state index in [0.29, 0.717) is 11.5 Å². The summed E-state index contributed by atoms with van der Waals surface area (Å²) in [4.78, 5) is 10.8. The predicted molar refractivity (Wildman–Crippen MR) is 67.4 cm³/mol. The Morgan fingerprint density at radius 2 is 1.89 bits per heavy atom. The van der Waals surface area contributed by atoms with Crippen LogP contribution >= 0.6 is 0 Å². The Morgan fingerprint density at radius 3 is 2.44 bits per heavy atom. The second kappa shape index (κ2) is 4.60. The Bertz CT molecular complexity index is 601. The van der Waals surface area contributed by atoms with Crippen molar-refractivity contribution in [2.45, 2.75) is 6.42 Å². The number of methoxy groups -OCH3 is 2. The number of aryl methyl sites for hydroxylation is 1. The molecule has 0 radical (unpaired) electrons. The molecule has 0 saturated carbocycles. The minimum absolute atomic E-state index is 0.00712. The summed E-state index contributed by atoms with van der Waals surface area (Å²) in [5.74, 6) is 0.383. The zero-order chi connectivity index (χ0) is 13.3. The molecule has 5 heteroatoms. The fourth-order valence-electron chi connectivity index (χ4n) is 2.09.